The van der Waals surface area contributed by atoms with Gasteiger partial charge in [0.15, 0.2) is 0 Å². The number of aromatic carboxylic acids is 1. The Kier molecular flexibility index (Phi) is 3.29. The van der Waals surface area contributed by atoms with Crippen LogP contribution in [0.3, 0.4) is 0 Å². The highest BCUT2D eigenvalue weighted by Gasteiger charge is 2.17. The van der Waals surface area contributed by atoms with Gasteiger partial charge in [-0.25, -0.2) is 4.79 Å². The predicted octanol–water partition coefficient (Wildman–Crippen LogP) is 1.92. The molecule has 0 unspecified atom stereocenters. The zero-order valence-corrected chi connectivity index (χ0v) is 11.4. The molecule has 0 bridgehead atoms. The van der Waals surface area contributed by atoms with Gasteiger partial charge in [0.2, 0.25) is 0 Å². The third-order valence-electron chi connectivity index (χ3n) is 3.23. The number of nitrogens with one attached hydrogen (secondary N) is 2. The number of aryl methyl sites for hydroxylation is 1. The number of anilines is 1. The van der Waals surface area contributed by atoms with Crippen molar-refractivity contribution in [3.63, 3.8) is 0 Å². The molecule has 6 heteroatoms. The van der Waals surface area contributed by atoms with Crippen LogP contribution in [0, 0.1) is 6.92 Å². The lowest BCUT2D eigenvalue weighted by Gasteiger charge is -2.18. The van der Waals surface area contributed by atoms with Crippen LogP contribution >= 0.6 is 0 Å². The van der Waals surface area contributed by atoms with E-state index in [1.165, 1.54) is 0 Å². The Labute approximate surface area is 121 Å². The zero-order chi connectivity index (χ0) is 14.8. The fourth-order valence-electron chi connectivity index (χ4n) is 2.10. The lowest BCUT2D eigenvalue weighted by atomic mass is 10.1. The third-order valence-corrected chi connectivity index (χ3v) is 3.23. The summed E-state index contributed by atoms with van der Waals surface area (Å²) >= 11 is 0. The Bertz CT molecular complexity index is 713. The number of carboxylic acids is 1. The van der Waals surface area contributed by atoms with E-state index in [2.05, 4.69) is 15.9 Å². The predicted molar refractivity (Wildman–Crippen MR) is 79.1 cm³/mol. The largest absolute Gasteiger partial charge is 0.478 e. The highest BCUT2D eigenvalue weighted by molar-refractivity contribution is 5.89. The molecule has 0 atom stereocenters. The van der Waals surface area contributed by atoms with Crippen LogP contribution in [0.25, 0.3) is 5.70 Å². The summed E-state index contributed by atoms with van der Waals surface area (Å²) in [7, 11) is 0. The van der Waals surface area contributed by atoms with Crippen molar-refractivity contribution in [1.82, 2.24) is 15.9 Å². The van der Waals surface area contributed by atoms with Crippen LogP contribution in [0.15, 0.2) is 48.8 Å². The monoisotopic (exact) mass is 282 g/mol. The molecule has 0 saturated carbocycles. The number of hydrogen-bond acceptors (Lipinski definition) is 5. The lowest BCUT2D eigenvalue weighted by Crippen LogP contribution is -2.36. The van der Waals surface area contributed by atoms with Crippen molar-refractivity contribution in [2.24, 2.45) is 0 Å². The van der Waals surface area contributed by atoms with Gasteiger partial charge in [0.25, 0.3) is 0 Å². The average molecular weight is 282 g/mol. The molecule has 0 aliphatic carbocycles. The van der Waals surface area contributed by atoms with Crippen molar-refractivity contribution in [3.05, 3.63) is 65.6 Å². The van der Waals surface area contributed by atoms with E-state index in [4.69, 9.17) is 5.11 Å². The standard InChI is InChI=1S/C15H14N4O2/c1-10-5-6-11(15(20)21)8-14(10)19-9-13(17-18-19)12-4-2-3-7-16-12/h2-9,17-18H,1H3,(H,20,21). The van der Waals surface area contributed by atoms with Crippen LogP contribution in [-0.2, 0) is 0 Å². The van der Waals surface area contributed by atoms with E-state index >= 15 is 0 Å². The van der Waals surface area contributed by atoms with Crippen molar-refractivity contribution >= 4 is 17.4 Å². The first-order valence-corrected chi connectivity index (χ1v) is 6.43. The van der Waals surface area contributed by atoms with Crippen molar-refractivity contribution in [2.45, 2.75) is 6.92 Å². The summed E-state index contributed by atoms with van der Waals surface area (Å²) in [5.41, 5.74) is 9.62. The summed E-state index contributed by atoms with van der Waals surface area (Å²) in [6.45, 7) is 1.93. The van der Waals surface area contributed by atoms with Crippen LogP contribution in [0.5, 0.6) is 0 Å². The number of nitrogens with zero attached hydrogens (tertiary/aromatic N) is 2. The Morgan fingerprint density at radius 2 is 2.14 bits per heavy atom. The van der Waals surface area contributed by atoms with E-state index in [0.29, 0.717) is 0 Å². The Morgan fingerprint density at radius 3 is 2.86 bits per heavy atom. The first-order chi connectivity index (χ1) is 10.1. The molecule has 1 aliphatic rings. The minimum atomic E-state index is -0.947. The van der Waals surface area contributed by atoms with Gasteiger partial charge in [-0.15, -0.1) is 5.53 Å². The molecule has 1 aromatic carbocycles. The molecule has 0 fully saturated rings. The molecule has 0 spiro atoms. The maximum Gasteiger partial charge on any atom is 0.335 e. The molecular formula is C15H14N4O2. The Hall–Kier alpha value is -2.86. The molecule has 0 radical (unpaired) electrons. The molecule has 0 saturated heterocycles. The summed E-state index contributed by atoms with van der Waals surface area (Å²) in [4.78, 5) is 15.4. The summed E-state index contributed by atoms with van der Waals surface area (Å²) in [5.74, 6) is -0.947. The first kappa shape index (κ1) is 13.1. The number of pyridine rings is 1. The number of hydrazine groups is 2. The number of aromatic nitrogens is 1. The molecule has 2 heterocycles. The van der Waals surface area contributed by atoms with Crippen molar-refractivity contribution < 1.29 is 9.90 Å². The molecule has 1 aromatic heterocycles. The number of carboxylic acid groups (broad SMARTS) is 1. The molecule has 3 N–H and O–H groups in total. The first-order valence-electron chi connectivity index (χ1n) is 6.43. The van der Waals surface area contributed by atoms with E-state index in [9.17, 15) is 4.79 Å². The summed E-state index contributed by atoms with van der Waals surface area (Å²) in [6, 6.07) is 10.7. The smallest absolute Gasteiger partial charge is 0.335 e. The van der Waals surface area contributed by atoms with Gasteiger partial charge in [-0.1, -0.05) is 12.1 Å². The second kappa shape index (κ2) is 5.26. The molecule has 1 aliphatic heterocycles. The van der Waals surface area contributed by atoms with Crippen LogP contribution in [0.2, 0.25) is 0 Å². The number of benzene rings is 1. The number of rotatable bonds is 3. The van der Waals surface area contributed by atoms with Crippen molar-refractivity contribution in [1.29, 1.82) is 0 Å². The van der Waals surface area contributed by atoms with Gasteiger partial charge in [0.05, 0.1) is 28.8 Å². The van der Waals surface area contributed by atoms with Crippen molar-refractivity contribution in [2.75, 3.05) is 5.01 Å². The van der Waals surface area contributed by atoms with Crippen LogP contribution < -0.4 is 16.0 Å². The normalized spacial score (nSPS) is 13.8. The maximum absolute atomic E-state index is 11.1. The van der Waals surface area contributed by atoms with Gasteiger partial charge >= 0.3 is 5.97 Å². The van der Waals surface area contributed by atoms with Gasteiger partial charge in [-0.2, -0.15) is 0 Å². The van der Waals surface area contributed by atoms with E-state index in [-0.39, 0.29) is 5.56 Å². The molecular weight excluding hydrogens is 268 g/mol. The minimum Gasteiger partial charge on any atom is -0.478 e. The fourth-order valence-corrected chi connectivity index (χ4v) is 2.10. The summed E-state index contributed by atoms with van der Waals surface area (Å²) in [6.07, 6.45) is 3.56. The van der Waals surface area contributed by atoms with Gasteiger partial charge in [-0.3, -0.25) is 15.4 Å². The fraction of sp³-hybridized carbons (Fsp3) is 0.0667. The third kappa shape index (κ3) is 2.56. The quantitative estimate of drug-likeness (QED) is 0.798. The van der Waals surface area contributed by atoms with Crippen LogP contribution in [0.4, 0.5) is 5.69 Å². The zero-order valence-electron chi connectivity index (χ0n) is 11.4. The Balaban J connectivity index is 1.94. The average Bonchev–Trinajstić information content (AvgIpc) is 2.98. The van der Waals surface area contributed by atoms with Gasteiger partial charge in [-0.05, 0) is 36.8 Å². The highest BCUT2D eigenvalue weighted by atomic mass is 16.4. The highest BCUT2D eigenvalue weighted by Crippen LogP contribution is 2.24. The molecule has 0 amide bonds. The maximum atomic E-state index is 11.1. The lowest BCUT2D eigenvalue weighted by molar-refractivity contribution is 0.0697. The second-order valence-corrected chi connectivity index (χ2v) is 4.67. The molecule has 6 nitrogen and oxygen atoms in total. The molecule has 106 valence electrons. The SMILES string of the molecule is Cc1ccc(C(=O)O)cc1N1C=C(c2ccccn2)NN1. The van der Waals surface area contributed by atoms with E-state index < -0.39 is 5.97 Å². The van der Waals surface area contributed by atoms with E-state index in [0.717, 1.165) is 22.6 Å². The summed E-state index contributed by atoms with van der Waals surface area (Å²) < 4.78 is 0. The molecule has 2 aromatic rings. The van der Waals surface area contributed by atoms with E-state index in [1.807, 2.05) is 31.3 Å². The number of hydrogen-bond donors (Lipinski definition) is 3. The topological polar surface area (TPSA) is 77.5 Å². The molecule has 21 heavy (non-hydrogen) atoms. The van der Waals surface area contributed by atoms with Crippen molar-refractivity contribution in [3.8, 4) is 0 Å². The Morgan fingerprint density at radius 1 is 1.29 bits per heavy atom. The number of carbonyl (C=O) groups is 1. The van der Waals surface area contributed by atoms with Gasteiger partial charge in [0, 0.05) is 6.20 Å². The van der Waals surface area contributed by atoms with E-state index in [1.54, 1.807) is 29.4 Å². The minimum absolute atomic E-state index is 0.247. The van der Waals surface area contributed by atoms with Crippen LogP contribution in [0.1, 0.15) is 21.6 Å². The summed E-state index contributed by atoms with van der Waals surface area (Å²) in [5, 5.41) is 10.8. The second-order valence-electron chi connectivity index (χ2n) is 4.67. The van der Waals surface area contributed by atoms with Gasteiger partial charge in [0.1, 0.15) is 0 Å². The van der Waals surface area contributed by atoms with Gasteiger partial charge < -0.3 is 5.11 Å². The van der Waals surface area contributed by atoms with Crippen LogP contribution in [-0.4, -0.2) is 16.1 Å². The molecule has 3 rings (SSSR count).